The number of esters is 1. The summed E-state index contributed by atoms with van der Waals surface area (Å²) in [6.07, 6.45) is 3.34. The van der Waals surface area contributed by atoms with Gasteiger partial charge in [0.2, 0.25) is 0 Å². The van der Waals surface area contributed by atoms with Crippen molar-refractivity contribution in [1.29, 1.82) is 0 Å². The summed E-state index contributed by atoms with van der Waals surface area (Å²) in [4.78, 5) is 11.9. The van der Waals surface area contributed by atoms with E-state index in [9.17, 15) is 9.18 Å². The Morgan fingerprint density at radius 3 is 2.62 bits per heavy atom. The Morgan fingerprint density at radius 1 is 1.17 bits per heavy atom. The first-order valence-electron chi connectivity index (χ1n) is 7.31. The Bertz CT molecular complexity index is 812. The van der Waals surface area contributed by atoms with Crippen molar-refractivity contribution in [2.45, 2.75) is 13.0 Å². The third-order valence-electron chi connectivity index (χ3n) is 3.49. The normalized spacial score (nSPS) is 10.6. The topological polar surface area (TPSA) is 44.1 Å². The molecule has 0 aliphatic carbocycles. The van der Waals surface area contributed by atoms with Gasteiger partial charge in [-0.1, -0.05) is 29.8 Å². The maximum absolute atomic E-state index is 13.7. The summed E-state index contributed by atoms with van der Waals surface area (Å²) in [6, 6.07) is 13.6. The van der Waals surface area contributed by atoms with Gasteiger partial charge in [0, 0.05) is 23.0 Å². The lowest BCUT2D eigenvalue weighted by molar-refractivity contribution is -0.144. The second-order valence-electron chi connectivity index (χ2n) is 5.15. The summed E-state index contributed by atoms with van der Waals surface area (Å²) in [5, 5.41) is 4.36. The molecule has 1 aromatic heterocycles. The summed E-state index contributed by atoms with van der Waals surface area (Å²) >= 11 is 5.90. The van der Waals surface area contributed by atoms with Crippen LogP contribution in [0.25, 0.3) is 5.69 Å². The number of halogens is 2. The van der Waals surface area contributed by atoms with E-state index in [1.165, 1.54) is 12.1 Å². The fourth-order valence-electron chi connectivity index (χ4n) is 2.23. The molecule has 3 rings (SSSR count). The fourth-order valence-corrected chi connectivity index (χ4v) is 2.46. The average molecular weight is 345 g/mol. The van der Waals surface area contributed by atoms with Crippen LogP contribution < -0.4 is 0 Å². The van der Waals surface area contributed by atoms with E-state index in [0.29, 0.717) is 0 Å². The largest absolute Gasteiger partial charge is 0.461 e. The lowest BCUT2D eigenvalue weighted by atomic mass is 10.1. The molecule has 24 heavy (non-hydrogen) atoms. The Kier molecular flexibility index (Phi) is 4.91. The Labute approximate surface area is 143 Å². The van der Waals surface area contributed by atoms with Crippen LogP contribution in [0.1, 0.15) is 11.1 Å². The van der Waals surface area contributed by atoms with Crippen molar-refractivity contribution in [3.05, 3.63) is 82.9 Å². The zero-order valence-corrected chi connectivity index (χ0v) is 13.4. The van der Waals surface area contributed by atoms with Gasteiger partial charge in [-0.2, -0.15) is 5.10 Å². The van der Waals surface area contributed by atoms with Gasteiger partial charge >= 0.3 is 5.97 Å². The molecule has 4 nitrogen and oxygen atoms in total. The molecule has 0 fully saturated rings. The van der Waals surface area contributed by atoms with Crippen LogP contribution in [-0.2, 0) is 22.6 Å². The summed E-state index contributed by atoms with van der Waals surface area (Å²) in [6.45, 7) is 0.115. The number of nitrogens with zero attached hydrogens (tertiary/aromatic N) is 2. The van der Waals surface area contributed by atoms with Gasteiger partial charge in [-0.05, 0) is 35.9 Å². The van der Waals surface area contributed by atoms with Crippen molar-refractivity contribution in [3.8, 4) is 5.69 Å². The van der Waals surface area contributed by atoms with E-state index in [1.807, 2.05) is 36.5 Å². The van der Waals surface area contributed by atoms with E-state index in [2.05, 4.69) is 5.10 Å². The number of carbonyl (C=O) groups excluding carboxylic acids is 1. The smallest absolute Gasteiger partial charge is 0.310 e. The van der Waals surface area contributed by atoms with Crippen LogP contribution in [0, 0.1) is 5.82 Å². The van der Waals surface area contributed by atoms with Gasteiger partial charge in [0.25, 0.3) is 0 Å². The number of carbonyl (C=O) groups is 1. The number of aromatic nitrogens is 2. The first-order valence-corrected chi connectivity index (χ1v) is 7.69. The molecule has 0 spiro atoms. The van der Waals surface area contributed by atoms with Crippen molar-refractivity contribution < 1.29 is 13.9 Å². The molecule has 0 bridgehead atoms. The molecule has 3 aromatic rings. The summed E-state index contributed by atoms with van der Waals surface area (Å²) in [5.41, 5.74) is 1.89. The highest BCUT2D eigenvalue weighted by molar-refractivity contribution is 6.31. The third-order valence-corrected chi connectivity index (χ3v) is 3.84. The van der Waals surface area contributed by atoms with Crippen LogP contribution in [0.3, 0.4) is 0 Å². The lowest BCUT2D eigenvalue weighted by Crippen LogP contribution is -2.09. The zero-order chi connectivity index (χ0) is 16.9. The van der Waals surface area contributed by atoms with Crippen LogP contribution in [0.2, 0.25) is 5.02 Å². The Balaban J connectivity index is 1.58. The molecule has 0 saturated carbocycles. The van der Waals surface area contributed by atoms with Crippen LogP contribution in [0.5, 0.6) is 0 Å². The van der Waals surface area contributed by atoms with Gasteiger partial charge < -0.3 is 4.74 Å². The van der Waals surface area contributed by atoms with Crippen molar-refractivity contribution >= 4 is 17.6 Å². The number of rotatable bonds is 5. The van der Waals surface area contributed by atoms with Crippen LogP contribution in [-0.4, -0.2) is 15.7 Å². The van der Waals surface area contributed by atoms with E-state index >= 15 is 0 Å². The molecular formula is C18H14ClFN2O2. The van der Waals surface area contributed by atoms with E-state index in [4.69, 9.17) is 16.3 Å². The SMILES string of the molecule is O=C(Cc1c(F)cccc1Cl)OCc1ccc(-n2cccn2)cc1. The van der Waals surface area contributed by atoms with E-state index in [-0.39, 0.29) is 23.6 Å². The molecule has 122 valence electrons. The zero-order valence-electron chi connectivity index (χ0n) is 12.7. The summed E-state index contributed by atoms with van der Waals surface area (Å²) < 4.78 is 20.6. The minimum absolute atomic E-state index is 0.115. The van der Waals surface area contributed by atoms with Gasteiger partial charge in [0.15, 0.2) is 0 Å². The molecule has 0 atom stereocenters. The maximum atomic E-state index is 13.7. The van der Waals surface area contributed by atoms with Crippen LogP contribution >= 0.6 is 11.6 Å². The van der Waals surface area contributed by atoms with Gasteiger partial charge in [-0.15, -0.1) is 0 Å². The molecule has 2 aromatic carbocycles. The van der Waals surface area contributed by atoms with Crippen molar-refractivity contribution in [2.24, 2.45) is 0 Å². The highest BCUT2D eigenvalue weighted by atomic mass is 35.5. The van der Waals surface area contributed by atoms with Crippen molar-refractivity contribution in [3.63, 3.8) is 0 Å². The standard InChI is InChI=1S/C18H14ClFN2O2/c19-16-3-1-4-17(20)15(16)11-18(23)24-12-13-5-7-14(8-6-13)22-10-2-9-21-22/h1-10H,11-12H2. The average Bonchev–Trinajstić information content (AvgIpc) is 3.11. The monoisotopic (exact) mass is 344 g/mol. The third kappa shape index (κ3) is 3.81. The lowest BCUT2D eigenvalue weighted by Gasteiger charge is -2.08. The second-order valence-corrected chi connectivity index (χ2v) is 5.56. The van der Waals surface area contributed by atoms with E-state index in [1.54, 1.807) is 16.9 Å². The van der Waals surface area contributed by atoms with Gasteiger partial charge in [0.05, 0.1) is 12.1 Å². The second kappa shape index (κ2) is 7.27. The van der Waals surface area contributed by atoms with Crippen LogP contribution in [0.4, 0.5) is 4.39 Å². The predicted octanol–water partition coefficient (Wildman–Crippen LogP) is 3.95. The number of ether oxygens (including phenoxy) is 1. The molecule has 0 unspecified atom stereocenters. The molecular weight excluding hydrogens is 331 g/mol. The number of hydrogen-bond acceptors (Lipinski definition) is 3. The highest BCUT2D eigenvalue weighted by Crippen LogP contribution is 2.20. The van der Waals surface area contributed by atoms with E-state index in [0.717, 1.165) is 11.3 Å². The van der Waals surface area contributed by atoms with Crippen LogP contribution in [0.15, 0.2) is 60.9 Å². The van der Waals surface area contributed by atoms with Gasteiger partial charge in [-0.3, -0.25) is 4.79 Å². The van der Waals surface area contributed by atoms with Gasteiger partial charge in [0.1, 0.15) is 12.4 Å². The first-order chi connectivity index (χ1) is 11.6. The molecule has 0 amide bonds. The van der Waals surface area contributed by atoms with Gasteiger partial charge in [-0.25, -0.2) is 9.07 Å². The van der Waals surface area contributed by atoms with Crippen molar-refractivity contribution in [2.75, 3.05) is 0 Å². The molecule has 6 heteroatoms. The molecule has 0 saturated heterocycles. The van der Waals surface area contributed by atoms with Crippen molar-refractivity contribution in [1.82, 2.24) is 9.78 Å². The molecule has 0 N–H and O–H groups in total. The fraction of sp³-hybridized carbons (Fsp3) is 0.111. The number of hydrogen-bond donors (Lipinski definition) is 0. The minimum Gasteiger partial charge on any atom is -0.461 e. The molecule has 0 radical (unpaired) electrons. The molecule has 1 heterocycles. The highest BCUT2D eigenvalue weighted by Gasteiger charge is 2.13. The maximum Gasteiger partial charge on any atom is 0.310 e. The van der Waals surface area contributed by atoms with E-state index < -0.39 is 11.8 Å². The number of benzene rings is 2. The first kappa shape index (κ1) is 16.2. The predicted molar refractivity (Wildman–Crippen MR) is 88.5 cm³/mol. The summed E-state index contributed by atoms with van der Waals surface area (Å²) in [7, 11) is 0. The quantitative estimate of drug-likeness (QED) is 0.658. The Morgan fingerprint density at radius 2 is 1.96 bits per heavy atom. The molecule has 0 aliphatic rings. The molecule has 0 aliphatic heterocycles. The Hall–Kier alpha value is -2.66. The summed E-state index contributed by atoms with van der Waals surface area (Å²) in [5.74, 6) is -1.04. The minimum atomic E-state index is -0.529.